The molecule has 1 aliphatic carbocycles. The lowest BCUT2D eigenvalue weighted by Crippen LogP contribution is -2.18. The van der Waals surface area contributed by atoms with Crippen LogP contribution in [0.1, 0.15) is 30.4 Å². The zero-order valence-electron chi connectivity index (χ0n) is 9.43. The number of hydrogen-bond acceptors (Lipinski definition) is 2. The first-order valence-electron chi connectivity index (χ1n) is 5.81. The maximum atomic E-state index is 12.7. The van der Waals surface area contributed by atoms with Crippen LogP contribution >= 0.6 is 0 Å². The smallest absolute Gasteiger partial charge is 0.314 e. The lowest BCUT2D eigenvalue weighted by atomic mass is 10.1. The van der Waals surface area contributed by atoms with E-state index in [1.165, 1.54) is 25.2 Å². The normalized spacial score (nSPS) is 16.2. The quantitative estimate of drug-likeness (QED) is 0.806. The average molecular weight is 244 g/mol. The van der Waals surface area contributed by atoms with Gasteiger partial charge in [0, 0.05) is 18.4 Å². The minimum absolute atomic E-state index is 0.289. The molecule has 94 valence electrons. The Balaban J connectivity index is 1.89. The predicted molar refractivity (Wildman–Crippen MR) is 58.6 cm³/mol. The Kier molecular flexibility index (Phi) is 3.66. The summed E-state index contributed by atoms with van der Waals surface area (Å²) in [5.74, 6) is 0. The molecule has 0 amide bonds. The van der Waals surface area contributed by atoms with Gasteiger partial charge >= 0.3 is 6.18 Å². The maximum absolute atomic E-state index is 12.7. The lowest BCUT2D eigenvalue weighted by molar-refractivity contribution is -0.138. The van der Waals surface area contributed by atoms with E-state index < -0.39 is 11.7 Å². The molecule has 1 N–H and O–H groups in total. The van der Waals surface area contributed by atoms with Crippen molar-refractivity contribution < 1.29 is 13.2 Å². The highest BCUT2D eigenvalue weighted by Gasteiger charge is 2.32. The van der Waals surface area contributed by atoms with Crippen LogP contribution in [0.15, 0.2) is 18.5 Å². The Morgan fingerprint density at radius 3 is 2.76 bits per heavy atom. The number of rotatable bonds is 5. The van der Waals surface area contributed by atoms with Crippen LogP contribution in [0.25, 0.3) is 0 Å². The Labute approximate surface area is 98.2 Å². The van der Waals surface area contributed by atoms with Crippen molar-refractivity contribution in [2.24, 2.45) is 0 Å². The molecule has 0 bridgehead atoms. The Bertz CT molecular complexity index is 372. The highest BCUT2D eigenvalue weighted by atomic mass is 19.4. The van der Waals surface area contributed by atoms with Gasteiger partial charge in [-0.05, 0) is 43.9 Å². The third-order valence-corrected chi connectivity index (χ3v) is 2.84. The minimum atomic E-state index is -4.28. The summed E-state index contributed by atoms with van der Waals surface area (Å²) >= 11 is 0. The molecular weight excluding hydrogens is 229 g/mol. The van der Waals surface area contributed by atoms with E-state index in [9.17, 15) is 13.2 Å². The number of nitrogens with one attached hydrogen (secondary N) is 1. The lowest BCUT2D eigenvalue weighted by Gasteiger charge is -2.11. The summed E-state index contributed by atoms with van der Waals surface area (Å²) < 4.78 is 38.0. The molecule has 1 aliphatic rings. The van der Waals surface area contributed by atoms with Crippen molar-refractivity contribution in [3.8, 4) is 0 Å². The van der Waals surface area contributed by atoms with Gasteiger partial charge in [-0.3, -0.25) is 4.98 Å². The molecule has 0 radical (unpaired) electrons. The third-order valence-electron chi connectivity index (χ3n) is 2.84. The largest absolute Gasteiger partial charge is 0.416 e. The molecule has 0 aromatic carbocycles. The Hall–Kier alpha value is -1.10. The molecule has 5 heteroatoms. The summed E-state index contributed by atoms with van der Waals surface area (Å²) in [6.07, 6.45) is 1.76. The van der Waals surface area contributed by atoms with Crippen LogP contribution in [-0.4, -0.2) is 17.6 Å². The second-order valence-corrected chi connectivity index (χ2v) is 4.36. The first-order chi connectivity index (χ1) is 8.07. The molecule has 0 atom stereocenters. The highest BCUT2D eigenvalue weighted by molar-refractivity contribution is 5.26. The molecule has 0 unspecified atom stereocenters. The first kappa shape index (κ1) is 12.4. The number of hydrogen-bond donors (Lipinski definition) is 1. The van der Waals surface area contributed by atoms with E-state index in [-0.39, 0.29) is 5.56 Å². The average Bonchev–Trinajstić information content (AvgIpc) is 3.07. The molecule has 0 aliphatic heterocycles. The van der Waals surface area contributed by atoms with Crippen molar-refractivity contribution in [2.45, 2.75) is 37.9 Å². The van der Waals surface area contributed by atoms with E-state index in [1.807, 2.05) is 0 Å². The van der Waals surface area contributed by atoms with E-state index in [0.717, 1.165) is 12.6 Å². The minimum Gasteiger partial charge on any atom is -0.314 e. The molecule has 2 rings (SSSR count). The van der Waals surface area contributed by atoms with Gasteiger partial charge in [-0.25, -0.2) is 0 Å². The standard InChI is InChI=1S/C12H15F3N2/c13-12(14,15)11-5-7-16-8-9(11)2-1-6-17-10-3-4-10/h5,7-8,10,17H,1-4,6H2. The number of nitrogens with zero attached hydrogens (tertiary/aromatic N) is 1. The highest BCUT2D eigenvalue weighted by Crippen LogP contribution is 2.31. The topological polar surface area (TPSA) is 24.9 Å². The summed E-state index contributed by atoms with van der Waals surface area (Å²) in [4.78, 5) is 3.76. The molecule has 1 aromatic heterocycles. The van der Waals surface area contributed by atoms with Crippen LogP contribution in [0.5, 0.6) is 0 Å². The van der Waals surface area contributed by atoms with Gasteiger partial charge in [-0.1, -0.05) is 0 Å². The van der Waals surface area contributed by atoms with Gasteiger partial charge in [-0.2, -0.15) is 13.2 Å². The van der Waals surface area contributed by atoms with Crippen LogP contribution in [0.4, 0.5) is 13.2 Å². The summed E-state index contributed by atoms with van der Waals surface area (Å²) in [7, 11) is 0. The summed E-state index contributed by atoms with van der Waals surface area (Å²) in [5.41, 5.74) is -0.267. The second-order valence-electron chi connectivity index (χ2n) is 4.36. The van der Waals surface area contributed by atoms with Crippen LogP contribution in [0.3, 0.4) is 0 Å². The molecule has 17 heavy (non-hydrogen) atoms. The van der Waals surface area contributed by atoms with Gasteiger partial charge in [0.1, 0.15) is 0 Å². The van der Waals surface area contributed by atoms with Crippen molar-refractivity contribution >= 4 is 0 Å². The second kappa shape index (κ2) is 5.04. The molecule has 1 aromatic rings. The van der Waals surface area contributed by atoms with Crippen molar-refractivity contribution in [3.63, 3.8) is 0 Å². The van der Waals surface area contributed by atoms with E-state index in [4.69, 9.17) is 0 Å². The number of pyridine rings is 1. The van der Waals surface area contributed by atoms with E-state index in [1.54, 1.807) is 0 Å². The first-order valence-corrected chi connectivity index (χ1v) is 5.81. The van der Waals surface area contributed by atoms with Gasteiger partial charge in [0.15, 0.2) is 0 Å². The van der Waals surface area contributed by atoms with Crippen LogP contribution < -0.4 is 5.32 Å². The Morgan fingerprint density at radius 2 is 2.12 bits per heavy atom. The summed E-state index contributed by atoms with van der Waals surface area (Å²) in [5, 5.41) is 3.28. The van der Waals surface area contributed by atoms with Crippen LogP contribution in [0.2, 0.25) is 0 Å². The third kappa shape index (κ3) is 3.70. The van der Waals surface area contributed by atoms with Gasteiger partial charge in [0.2, 0.25) is 0 Å². The number of aryl methyl sites for hydroxylation is 1. The van der Waals surface area contributed by atoms with Crippen LogP contribution in [0, 0.1) is 0 Å². The van der Waals surface area contributed by atoms with Gasteiger partial charge < -0.3 is 5.32 Å². The number of aromatic nitrogens is 1. The van der Waals surface area contributed by atoms with Gasteiger partial charge in [0.05, 0.1) is 5.56 Å². The Morgan fingerprint density at radius 1 is 1.35 bits per heavy atom. The molecule has 1 saturated carbocycles. The SMILES string of the molecule is FC(F)(F)c1ccncc1CCCNC1CC1. The van der Waals surface area contributed by atoms with Crippen LogP contribution in [-0.2, 0) is 12.6 Å². The fourth-order valence-corrected chi connectivity index (χ4v) is 1.78. The molecule has 1 heterocycles. The fourth-order valence-electron chi connectivity index (χ4n) is 1.78. The number of alkyl halides is 3. The molecule has 0 spiro atoms. The van der Waals surface area contributed by atoms with Gasteiger partial charge in [-0.15, -0.1) is 0 Å². The molecule has 2 nitrogen and oxygen atoms in total. The summed E-state index contributed by atoms with van der Waals surface area (Å²) in [6, 6.07) is 1.65. The van der Waals surface area contributed by atoms with Gasteiger partial charge in [0.25, 0.3) is 0 Å². The van der Waals surface area contributed by atoms with E-state index in [0.29, 0.717) is 18.9 Å². The maximum Gasteiger partial charge on any atom is 0.416 e. The number of halogens is 3. The molecular formula is C12H15F3N2. The van der Waals surface area contributed by atoms with E-state index in [2.05, 4.69) is 10.3 Å². The summed E-state index contributed by atoms with van der Waals surface area (Å²) in [6.45, 7) is 0.775. The zero-order chi connectivity index (χ0) is 12.3. The van der Waals surface area contributed by atoms with Crippen molar-refractivity contribution in [1.29, 1.82) is 0 Å². The monoisotopic (exact) mass is 244 g/mol. The molecule has 0 saturated heterocycles. The zero-order valence-corrected chi connectivity index (χ0v) is 9.43. The van der Waals surface area contributed by atoms with Crippen molar-refractivity contribution in [3.05, 3.63) is 29.6 Å². The predicted octanol–water partition coefficient (Wildman–Crippen LogP) is 2.79. The fraction of sp³-hybridized carbons (Fsp3) is 0.583. The van der Waals surface area contributed by atoms with E-state index >= 15 is 0 Å². The molecule has 1 fully saturated rings. The van der Waals surface area contributed by atoms with Crippen molar-refractivity contribution in [1.82, 2.24) is 10.3 Å². The van der Waals surface area contributed by atoms with Crippen molar-refractivity contribution in [2.75, 3.05) is 6.54 Å².